The van der Waals surface area contributed by atoms with Crippen molar-refractivity contribution in [3.05, 3.63) is 80.6 Å². The first kappa shape index (κ1) is 25.6. The third-order valence-corrected chi connectivity index (χ3v) is 5.94. The van der Waals surface area contributed by atoms with Crippen LogP contribution in [0.3, 0.4) is 0 Å². The average Bonchev–Trinajstić information content (AvgIpc) is 2.78. The predicted molar refractivity (Wildman–Crippen MR) is 116 cm³/mol. The summed E-state index contributed by atoms with van der Waals surface area (Å²) in [5.74, 6) is -2.26. The minimum atomic E-state index is -4.57. The van der Waals surface area contributed by atoms with Crippen LogP contribution in [0.4, 0.5) is 18.9 Å². The molecule has 9 nitrogen and oxygen atoms in total. The Hall–Kier alpha value is -4.05. The second kappa shape index (κ2) is 10.1. The van der Waals surface area contributed by atoms with E-state index in [1.54, 1.807) is 6.92 Å². The fourth-order valence-corrected chi connectivity index (χ4v) is 4.25. The minimum Gasteiger partial charge on any atom is -0.463 e. The summed E-state index contributed by atoms with van der Waals surface area (Å²) < 4.78 is 49.1. The number of ether oxygens (including phenoxy) is 2. The molecule has 0 aliphatic carbocycles. The molecule has 2 heterocycles. The molecule has 35 heavy (non-hydrogen) atoms. The van der Waals surface area contributed by atoms with Crippen LogP contribution in [-0.2, 0) is 20.4 Å². The number of allylic oxidation sites excluding steroid dienone is 2. The molecule has 13 heteroatoms. The summed E-state index contributed by atoms with van der Waals surface area (Å²) in [7, 11) is 0. The molecule has 3 rings (SSSR count). The third kappa shape index (κ3) is 5.38. The van der Waals surface area contributed by atoms with Crippen LogP contribution in [0, 0.1) is 21.4 Å². The van der Waals surface area contributed by atoms with Gasteiger partial charge in [0, 0.05) is 23.2 Å². The molecule has 1 aliphatic heterocycles. The van der Waals surface area contributed by atoms with Crippen molar-refractivity contribution >= 4 is 23.4 Å². The molecule has 182 valence electrons. The van der Waals surface area contributed by atoms with Gasteiger partial charge in [-0.3, -0.25) is 10.1 Å². The summed E-state index contributed by atoms with van der Waals surface area (Å²) >= 11 is 0.900. The lowest BCUT2D eigenvalue weighted by atomic mass is 9.83. The lowest BCUT2D eigenvalue weighted by Crippen LogP contribution is -2.26. The number of non-ortho nitro benzene ring substituents is 1. The van der Waals surface area contributed by atoms with Crippen LogP contribution in [0.1, 0.15) is 30.9 Å². The van der Waals surface area contributed by atoms with E-state index in [0.29, 0.717) is 11.1 Å². The Labute approximate surface area is 201 Å². The van der Waals surface area contributed by atoms with Crippen LogP contribution in [0.5, 0.6) is 0 Å². The van der Waals surface area contributed by atoms with Gasteiger partial charge in [0.05, 0.1) is 28.6 Å². The first-order valence-corrected chi connectivity index (χ1v) is 10.7. The van der Waals surface area contributed by atoms with Crippen molar-refractivity contribution in [2.45, 2.75) is 35.9 Å². The Kier molecular flexibility index (Phi) is 7.35. The number of nitrogens with zero attached hydrogens (tertiary/aromatic N) is 3. The summed E-state index contributed by atoms with van der Waals surface area (Å²) in [6, 6.07) is 7.59. The van der Waals surface area contributed by atoms with E-state index in [9.17, 15) is 33.3 Å². The molecule has 1 aliphatic rings. The highest BCUT2D eigenvalue weighted by Gasteiger charge is 2.38. The number of pyridine rings is 1. The van der Waals surface area contributed by atoms with Gasteiger partial charge in [0.2, 0.25) is 5.88 Å². The van der Waals surface area contributed by atoms with Gasteiger partial charge in [-0.15, -0.1) is 0 Å². The molecule has 1 atom stereocenters. The maximum absolute atomic E-state index is 12.9. The van der Waals surface area contributed by atoms with E-state index in [0.717, 1.165) is 23.9 Å². The first-order chi connectivity index (χ1) is 16.5. The number of benzene rings is 1. The van der Waals surface area contributed by atoms with Crippen molar-refractivity contribution in [3.8, 4) is 6.07 Å². The van der Waals surface area contributed by atoms with E-state index < -0.39 is 28.6 Å². The number of carbonyl (C=O) groups is 1. The molecule has 1 aromatic heterocycles. The van der Waals surface area contributed by atoms with Gasteiger partial charge in [-0.2, -0.15) is 18.4 Å². The Bertz CT molecular complexity index is 1280. The molecule has 0 fully saturated rings. The van der Waals surface area contributed by atoms with Gasteiger partial charge in [0.1, 0.15) is 22.4 Å². The maximum Gasteiger partial charge on any atom is 0.417 e. The van der Waals surface area contributed by atoms with Crippen molar-refractivity contribution in [1.82, 2.24) is 4.98 Å². The first-order valence-electron chi connectivity index (χ1n) is 9.92. The van der Waals surface area contributed by atoms with Crippen LogP contribution in [0.15, 0.2) is 69.2 Å². The molecule has 2 N–H and O–H groups in total. The summed E-state index contributed by atoms with van der Waals surface area (Å²) in [5.41, 5.74) is 4.48. The highest BCUT2D eigenvalue weighted by Crippen LogP contribution is 2.45. The van der Waals surface area contributed by atoms with E-state index in [4.69, 9.17) is 15.2 Å². The Morgan fingerprint density at radius 3 is 2.63 bits per heavy atom. The van der Waals surface area contributed by atoms with E-state index in [1.165, 1.54) is 25.1 Å². The predicted octanol–water partition coefficient (Wildman–Crippen LogP) is 4.80. The topological polar surface area (TPSA) is 141 Å². The lowest BCUT2D eigenvalue weighted by Gasteiger charge is -2.28. The maximum atomic E-state index is 12.9. The Balaban J connectivity index is 2.19. The Morgan fingerprint density at radius 2 is 2.09 bits per heavy atom. The third-order valence-electron chi connectivity index (χ3n) is 4.89. The Morgan fingerprint density at radius 1 is 1.37 bits per heavy atom. The zero-order chi connectivity index (χ0) is 25.9. The van der Waals surface area contributed by atoms with Gasteiger partial charge in [-0.25, -0.2) is 9.78 Å². The van der Waals surface area contributed by atoms with Crippen molar-refractivity contribution in [3.63, 3.8) is 0 Å². The van der Waals surface area contributed by atoms with Crippen LogP contribution in [0.2, 0.25) is 0 Å². The van der Waals surface area contributed by atoms with E-state index in [-0.39, 0.29) is 45.7 Å². The standard InChI is InChI=1S/C22H17F3N4O5S/c1-3-33-21(30)18-11(2)34-20(27)15(9-26)19(18)14-8-13(29(31)32)5-6-16(14)35-17-7-4-12(10-28-17)22(23,24)25/h4-8,10,19H,3,27H2,1-2H3. The summed E-state index contributed by atoms with van der Waals surface area (Å²) in [6.45, 7) is 3.02. The molecular weight excluding hydrogens is 489 g/mol. The molecule has 0 saturated carbocycles. The highest BCUT2D eigenvalue weighted by molar-refractivity contribution is 7.99. The second-order valence-corrected chi connectivity index (χ2v) is 8.14. The molecule has 0 radical (unpaired) electrons. The molecule has 0 spiro atoms. The molecule has 1 aromatic carbocycles. The van der Waals surface area contributed by atoms with Gasteiger partial charge in [0.15, 0.2) is 0 Å². The molecule has 1 unspecified atom stereocenters. The highest BCUT2D eigenvalue weighted by atomic mass is 32.2. The molecule has 2 aromatic rings. The van der Waals surface area contributed by atoms with Crippen molar-refractivity contribution in [2.75, 3.05) is 6.61 Å². The van der Waals surface area contributed by atoms with Gasteiger partial charge >= 0.3 is 12.1 Å². The second-order valence-electron chi connectivity index (χ2n) is 7.08. The number of hydrogen-bond acceptors (Lipinski definition) is 9. The number of nitriles is 1. The number of hydrogen-bond donors (Lipinski definition) is 1. The number of nitro benzene ring substituents is 1. The van der Waals surface area contributed by atoms with E-state index >= 15 is 0 Å². The van der Waals surface area contributed by atoms with E-state index in [2.05, 4.69) is 4.98 Å². The van der Waals surface area contributed by atoms with E-state index in [1.807, 2.05) is 6.07 Å². The normalized spacial score (nSPS) is 15.9. The van der Waals surface area contributed by atoms with Crippen molar-refractivity contribution in [2.24, 2.45) is 5.73 Å². The number of alkyl halides is 3. The minimum absolute atomic E-state index is 0.00936. The average molecular weight is 506 g/mol. The molecule has 0 saturated heterocycles. The van der Waals surface area contributed by atoms with Crippen molar-refractivity contribution < 1.29 is 32.4 Å². The van der Waals surface area contributed by atoms with Gasteiger partial charge in [-0.1, -0.05) is 11.8 Å². The number of carbonyl (C=O) groups excluding carboxylic acids is 1. The fraction of sp³-hybridized carbons (Fsp3) is 0.227. The van der Waals surface area contributed by atoms with Crippen molar-refractivity contribution in [1.29, 1.82) is 5.26 Å². The van der Waals surface area contributed by atoms with Crippen LogP contribution in [-0.4, -0.2) is 22.5 Å². The number of aromatic nitrogens is 1. The number of rotatable bonds is 6. The van der Waals surface area contributed by atoms with Crippen LogP contribution < -0.4 is 5.73 Å². The number of halogens is 3. The lowest BCUT2D eigenvalue weighted by molar-refractivity contribution is -0.385. The summed E-state index contributed by atoms with van der Waals surface area (Å²) in [6.07, 6.45) is -3.91. The van der Waals surface area contributed by atoms with Crippen LogP contribution >= 0.6 is 11.8 Å². The van der Waals surface area contributed by atoms with Gasteiger partial charge in [-0.05, 0) is 37.6 Å². The summed E-state index contributed by atoms with van der Waals surface area (Å²) in [4.78, 5) is 27.7. The zero-order valence-electron chi connectivity index (χ0n) is 18.3. The number of nitro groups is 1. The SMILES string of the molecule is CCOC(=O)C1=C(C)OC(N)=C(C#N)C1c1cc([N+](=O)[O-])ccc1Sc1ccc(C(F)(F)F)cn1. The molecule has 0 amide bonds. The monoisotopic (exact) mass is 506 g/mol. The fourth-order valence-electron chi connectivity index (χ4n) is 3.35. The number of nitrogens with two attached hydrogens (primary N) is 1. The van der Waals surface area contributed by atoms with Crippen LogP contribution in [0.25, 0.3) is 0 Å². The quantitative estimate of drug-likeness (QED) is 0.332. The summed E-state index contributed by atoms with van der Waals surface area (Å²) in [5, 5.41) is 21.4. The molecular formula is C22H17F3N4O5S. The zero-order valence-corrected chi connectivity index (χ0v) is 19.1. The number of esters is 1. The smallest absolute Gasteiger partial charge is 0.417 e. The molecule has 0 bridgehead atoms. The largest absolute Gasteiger partial charge is 0.463 e. The van der Waals surface area contributed by atoms with Gasteiger partial charge in [0.25, 0.3) is 5.69 Å². The van der Waals surface area contributed by atoms with Gasteiger partial charge < -0.3 is 15.2 Å².